The van der Waals surface area contributed by atoms with Crippen molar-refractivity contribution in [3.63, 3.8) is 0 Å². The van der Waals surface area contributed by atoms with Crippen LogP contribution in [0.5, 0.6) is 0 Å². The van der Waals surface area contributed by atoms with Gasteiger partial charge < -0.3 is 14.9 Å². The highest BCUT2D eigenvalue weighted by molar-refractivity contribution is 5.94. The molecule has 0 spiro atoms. The molecule has 2 rings (SSSR count). The van der Waals surface area contributed by atoms with Gasteiger partial charge in [0.15, 0.2) is 0 Å². The van der Waals surface area contributed by atoms with E-state index in [4.69, 9.17) is 5.11 Å². The lowest BCUT2D eigenvalue weighted by atomic mass is 10.1. The van der Waals surface area contributed by atoms with Gasteiger partial charge in [0.25, 0.3) is 5.91 Å². The molecule has 21 heavy (non-hydrogen) atoms. The van der Waals surface area contributed by atoms with E-state index in [0.29, 0.717) is 18.0 Å². The number of nitrogens with zero attached hydrogens (tertiary/aromatic N) is 2. The average Bonchev–Trinajstić information content (AvgIpc) is 2.50. The summed E-state index contributed by atoms with van der Waals surface area (Å²) in [6, 6.07) is 7.77. The first-order chi connectivity index (χ1) is 10.1. The molecule has 1 aromatic rings. The molecular weight excluding hydrogens is 264 g/mol. The van der Waals surface area contributed by atoms with Crippen molar-refractivity contribution in [1.29, 1.82) is 0 Å². The van der Waals surface area contributed by atoms with E-state index in [1.54, 1.807) is 0 Å². The number of likely N-dealkylation sites (N-methyl/N-ethyl adjacent to an activating group) is 1. The Morgan fingerprint density at radius 3 is 2.67 bits per heavy atom. The first kappa shape index (κ1) is 15.6. The van der Waals surface area contributed by atoms with E-state index in [0.717, 1.165) is 25.2 Å². The van der Waals surface area contributed by atoms with E-state index in [1.807, 2.05) is 29.2 Å². The largest absolute Gasteiger partial charge is 0.395 e. The van der Waals surface area contributed by atoms with Gasteiger partial charge in [0.1, 0.15) is 0 Å². The molecule has 0 bridgehead atoms. The third kappa shape index (κ3) is 4.07. The molecule has 0 saturated carbocycles. The molecular formula is C17H22N2O2. The van der Waals surface area contributed by atoms with Crippen LogP contribution < -0.4 is 0 Å². The van der Waals surface area contributed by atoms with Gasteiger partial charge in [-0.2, -0.15) is 0 Å². The van der Waals surface area contributed by atoms with Crippen LogP contribution in [0.25, 0.3) is 0 Å². The van der Waals surface area contributed by atoms with Crippen LogP contribution >= 0.6 is 0 Å². The van der Waals surface area contributed by atoms with E-state index in [9.17, 15) is 4.79 Å². The summed E-state index contributed by atoms with van der Waals surface area (Å²) in [5, 5.41) is 8.69. The Morgan fingerprint density at radius 1 is 1.33 bits per heavy atom. The Bertz CT molecular complexity index is 542. The summed E-state index contributed by atoms with van der Waals surface area (Å²) >= 11 is 0. The van der Waals surface area contributed by atoms with Gasteiger partial charge in [-0.05, 0) is 38.2 Å². The molecule has 1 N–H and O–H groups in total. The summed E-state index contributed by atoms with van der Waals surface area (Å²) in [6.07, 6.45) is 0.472. The van der Waals surface area contributed by atoms with Crippen molar-refractivity contribution >= 4 is 5.91 Å². The normalized spacial score (nSPS) is 19.0. The molecule has 1 unspecified atom stereocenters. The van der Waals surface area contributed by atoms with Crippen LogP contribution in [0.3, 0.4) is 0 Å². The molecule has 1 aromatic carbocycles. The van der Waals surface area contributed by atoms with Crippen LogP contribution in [0.1, 0.15) is 29.3 Å². The number of hydrogen-bond acceptors (Lipinski definition) is 3. The third-order valence-electron chi connectivity index (χ3n) is 3.85. The topological polar surface area (TPSA) is 43.8 Å². The summed E-state index contributed by atoms with van der Waals surface area (Å²) in [5.41, 5.74) is 1.58. The van der Waals surface area contributed by atoms with Gasteiger partial charge in [-0.3, -0.25) is 4.79 Å². The molecule has 1 saturated heterocycles. The molecule has 1 amide bonds. The van der Waals surface area contributed by atoms with Crippen molar-refractivity contribution in [3.05, 3.63) is 35.4 Å². The fourth-order valence-corrected chi connectivity index (χ4v) is 2.33. The molecule has 4 heteroatoms. The van der Waals surface area contributed by atoms with Crippen LogP contribution in [0, 0.1) is 11.8 Å². The van der Waals surface area contributed by atoms with Gasteiger partial charge in [0.05, 0.1) is 6.61 Å². The second-order valence-corrected chi connectivity index (χ2v) is 5.43. The van der Waals surface area contributed by atoms with Gasteiger partial charge in [-0.25, -0.2) is 0 Å². The number of carbonyl (C=O) groups is 1. The van der Waals surface area contributed by atoms with Crippen molar-refractivity contribution in [2.24, 2.45) is 0 Å². The van der Waals surface area contributed by atoms with Gasteiger partial charge in [-0.15, -0.1) is 0 Å². The fraction of sp³-hybridized carbons (Fsp3) is 0.471. The number of amides is 1. The van der Waals surface area contributed by atoms with Crippen LogP contribution in [-0.4, -0.2) is 60.1 Å². The summed E-state index contributed by atoms with van der Waals surface area (Å²) in [5.74, 6) is 5.92. The Labute approximate surface area is 126 Å². The minimum atomic E-state index is 0.0746. The van der Waals surface area contributed by atoms with Gasteiger partial charge in [0.2, 0.25) is 0 Å². The van der Waals surface area contributed by atoms with Crippen LogP contribution in [0.2, 0.25) is 0 Å². The zero-order valence-electron chi connectivity index (χ0n) is 12.7. The first-order valence-electron chi connectivity index (χ1n) is 7.31. The van der Waals surface area contributed by atoms with Crippen LogP contribution in [-0.2, 0) is 0 Å². The monoisotopic (exact) mass is 286 g/mol. The van der Waals surface area contributed by atoms with Gasteiger partial charge >= 0.3 is 0 Å². The number of aliphatic hydroxyl groups is 1. The quantitative estimate of drug-likeness (QED) is 0.831. The number of piperazine rings is 1. The van der Waals surface area contributed by atoms with Crippen LogP contribution in [0.15, 0.2) is 24.3 Å². The van der Waals surface area contributed by atoms with Crippen molar-refractivity contribution in [2.45, 2.75) is 19.4 Å². The predicted octanol–water partition coefficient (Wildman–Crippen LogP) is 1.20. The number of benzene rings is 1. The predicted molar refractivity (Wildman–Crippen MR) is 83.0 cm³/mol. The minimum absolute atomic E-state index is 0.0746. The highest BCUT2D eigenvalue weighted by Crippen LogP contribution is 2.12. The second kappa shape index (κ2) is 7.26. The molecule has 1 aliphatic rings. The van der Waals surface area contributed by atoms with Crippen molar-refractivity contribution in [1.82, 2.24) is 9.80 Å². The van der Waals surface area contributed by atoms with E-state index >= 15 is 0 Å². The molecule has 112 valence electrons. The van der Waals surface area contributed by atoms with E-state index in [1.165, 1.54) is 0 Å². The lowest BCUT2D eigenvalue weighted by molar-refractivity contribution is 0.0572. The number of rotatable bonds is 2. The van der Waals surface area contributed by atoms with Crippen molar-refractivity contribution in [3.8, 4) is 11.8 Å². The molecule has 0 aromatic heterocycles. The maximum absolute atomic E-state index is 12.5. The van der Waals surface area contributed by atoms with Crippen molar-refractivity contribution < 1.29 is 9.90 Å². The first-order valence-corrected chi connectivity index (χ1v) is 7.31. The Balaban J connectivity index is 2.02. The Kier molecular flexibility index (Phi) is 5.38. The van der Waals surface area contributed by atoms with Gasteiger partial charge in [0, 0.05) is 43.2 Å². The second-order valence-electron chi connectivity index (χ2n) is 5.43. The summed E-state index contributed by atoms with van der Waals surface area (Å²) < 4.78 is 0. The standard InChI is InChI=1S/C17H22N2O2/c1-14-13-19(11-10-18(14)2)17(21)16-8-6-15(7-9-16)5-3-4-12-20/h6-9,14,20H,4,10-13H2,1-2H3. The molecule has 0 aliphatic carbocycles. The molecule has 0 radical (unpaired) electrons. The summed E-state index contributed by atoms with van der Waals surface area (Å²) in [7, 11) is 2.09. The molecule has 1 atom stereocenters. The van der Waals surface area contributed by atoms with E-state index < -0.39 is 0 Å². The molecule has 1 heterocycles. The Hall–Kier alpha value is -1.83. The summed E-state index contributed by atoms with van der Waals surface area (Å²) in [4.78, 5) is 16.6. The lowest BCUT2D eigenvalue weighted by Crippen LogP contribution is -2.52. The maximum atomic E-state index is 12.5. The fourth-order valence-electron chi connectivity index (χ4n) is 2.33. The van der Waals surface area contributed by atoms with E-state index in [-0.39, 0.29) is 12.5 Å². The molecule has 4 nitrogen and oxygen atoms in total. The SMILES string of the molecule is CC1CN(C(=O)c2ccc(C#CCCO)cc2)CCN1C. The van der Waals surface area contributed by atoms with Crippen LogP contribution in [0.4, 0.5) is 0 Å². The summed E-state index contributed by atoms with van der Waals surface area (Å²) in [6.45, 7) is 4.67. The number of aliphatic hydroxyl groups excluding tert-OH is 1. The number of hydrogen-bond donors (Lipinski definition) is 1. The Morgan fingerprint density at radius 2 is 2.05 bits per heavy atom. The molecule has 1 fully saturated rings. The van der Waals surface area contributed by atoms with Gasteiger partial charge in [-0.1, -0.05) is 11.8 Å². The maximum Gasteiger partial charge on any atom is 0.253 e. The highest BCUT2D eigenvalue weighted by atomic mass is 16.2. The number of carbonyl (C=O) groups excluding carboxylic acids is 1. The zero-order valence-corrected chi connectivity index (χ0v) is 12.7. The smallest absolute Gasteiger partial charge is 0.253 e. The zero-order chi connectivity index (χ0) is 15.2. The lowest BCUT2D eigenvalue weighted by Gasteiger charge is -2.37. The highest BCUT2D eigenvalue weighted by Gasteiger charge is 2.24. The van der Waals surface area contributed by atoms with Crippen molar-refractivity contribution in [2.75, 3.05) is 33.3 Å². The van der Waals surface area contributed by atoms with E-state index in [2.05, 4.69) is 30.7 Å². The average molecular weight is 286 g/mol. The minimum Gasteiger partial charge on any atom is -0.395 e. The third-order valence-corrected chi connectivity index (χ3v) is 3.85. The molecule has 1 aliphatic heterocycles.